The highest BCUT2D eigenvalue weighted by Crippen LogP contribution is 2.34. The molecule has 0 spiro atoms. The number of aromatic nitrogens is 2. The lowest BCUT2D eigenvalue weighted by Crippen LogP contribution is -2.28. The van der Waals surface area contributed by atoms with Crippen LogP contribution in [0.1, 0.15) is 18.9 Å². The van der Waals surface area contributed by atoms with Gasteiger partial charge in [0, 0.05) is 18.7 Å². The molecule has 154 valence electrons. The summed E-state index contributed by atoms with van der Waals surface area (Å²) in [6.07, 6.45) is 0.180. The standard InChI is InChI=1S/C22H22N4O3S/c1-3-29-18-11-7-5-9-16(18)21-24-25-22(30-21)23-20(28)15-12-19(27)26(13-15)17-10-6-4-8-14(17)2/h4-11,15H,3,12-13H2,1-2H3,(H,23,25,28)/t15-/m1/s1. The van der Waals surface area contributed by atoms with Gasteiger partial charge < -0.3 is 15.0 Å². The first kappa shape index (κ1) is 20.0. The highest BCUT2D eigenvalue weighted by atomic mass is 32.1. The van der Waals surface area contributed by atoms with Gasteiger partial charge in [0.05, 0.1) is 18.1 Å². The molecular formula is C22H22N4O3S. The second-order valence-electron chi connectivity index (χ2n) is 7.02. The molecular weight excluding hydrogens is 400 g/mol. The van der Waals surface area contributed by atoms with E-state index in [1.165, 1.54) is 11.3 Å². The highest BCUT2D eigenvalue weighted by molar-refractivity contribution is 7.18. The van der Waals surface area contributed by atoms with Crippen molar-refractivity contribution in [1.29, 1.82) is 0 Å². The number of para-hydroxylation sites is 2. The molecule has 2 heterocycles. The van der Waals surface area contributed by atoms with E-state index in [0.717, 1.165) is 22.6 Å². The molecule has 1 aliphatic rings. The summed E-state index contributed by atoms with van der Waals surface area (Å²) in [5.41, 5.74) is 2.69. The molecule has 30 heavy (non-hydrogen) atoms. The summed E-state index contributed by atoms with van der Waals surface area (Å²) >= 11 is 1.28. The third-order valence-corrected chi connectivity index (χ3v) is 5.85. The number of nitrogens with one attached hydrogen (secondary N) is 1. The number of benzene rings is 2. The Morgan fingerprint density at radius 1 is 1.20 bits per heavy atom. The second kappa shape index (κ2) is 8.62. The van der Waals surface area contributed by atoms with Crippen molar-refractivity contribution in [1.82, 2.24) is 10.2 Å². The van der Waals surface area contributed by atoms with Gasteiger partial charge in [-0.1, -0.05) is 41.7 Å². The van der Waals surface area contributed by atoms with Gasteiger partial charge >= 0.3 is 0 Å². The van der Waals surface area contributed by atoms with Crippen molar-refractivity contribution in [3.63, 3.8) is 0 Å². The number of amides is 2. The van der Waals surface area contributed by atoms with E-state index < -0.39 is 5.92 Å². The Morgan fingerprint density at radius 3 is 2.77 bits per heavy atom. The number of rotatable bonds is 6. The number of carbonyl (C=O) groups excluding carboxylic acids is 2. The predicted molar refractivity (Wildman–Crippen MR) is 117 cm³/mol. The van der Waals surface area contributed by atoms with E-state index in [1.807, 2.05) is 62.4 Å². The van der Waals surface area contributed by atoms with Gasteiger partial charge in [-0.3, -0.25) is 9.59 Å². The van der Waals surface area contributed by atoms with Crippen LogP contribution >= 0.6 is 11.3 Å². The van der Waals surface area contributed by atoms with Crippen molar-refractivity contribution in [2.24, 2.45) is 5.92 Å². The summed E-state index contributed by atoms with van der Waals surface area (Å²) in [5, 5.41) is 12.2. The zero-order valence-electron chi connectivity index (χ0n) is 16.8. The number of hydrogen-bond acceptors (Lipinski definition) is 6. The molecule has 2 aromatic carbocycles. The first-order valence-corrected chi connectivity index (χ1v) is 10.6. The van der Waals surface area contributed by atoms with Gasteiger partial charge in [-0.25, -0.2) is 0 Å². The molecule has 4 rings (SSSR count). The number of aryl methyl sites for hydroxylation is 1. The Labute approximate surface area is 178 Å². The van der Waals surface area contributed by atoms with E-state index in [-0.39, 0.29) is 18.2 Å². The van der Waals surface area contributed by atoms with Crippen LogP contribution in [0.2, 0.25) is 0 Å². The topological polar surface area (TPSA) is 84.4 Å². The van der Waals surface area contributed by atoms with Crippen LogP contribution < -0.4 is 15.0 Å². The maximum absolute atomic E-state index is 12.8. The van der Waals surface area contributed by atoms with Gasteiger partial charge in [-0.05, 0) is 37.6 Å². The van der Waals surface area contributed by atoms with Crippen molar-refractivity contribution >= 4 is 34.0 Å². The van der Waals surface area contributed by atoms with Gasteiger partial charge in [0.1, 0.15) is 5.75 Å². The third-order valence-electron chi connectivity index (χ3n) is 4.97. The van der Waals surface area contributed by atoms with Crippen LogP contribution in [-0.4, -0.2) is 35.2 Å². The van der Waals surface area contributed by atoms with Crippen LogP contribution in [0.5, 0.6) is 5.75 Å². The molecule has 7 nitrogen and oxygen atoms in total. The largest absolute Gasteiger partial charge is 0.493 e. The van der Waals surface area contributed by atoms with Gasteiger partial charge in [0.2, 0.25) is 16.9 Å². The van der Waals surface area contributed by atoms with Crippen LogP contribution in [0.4, 0.5) is 10.8 Å². The summed E-state index contributed by atoms with van der Waals surface area (Å²) in [6, 6.07) is 15.3. The molecule has 1 aliphatic heterocycles. The minimum Gasteiger partial charge on any atom is -0.493 e. The van der Waals surface area contributed by atoms with Crippen molar-refractivity contribution in [3.8, 4) is 16.3 Å². The number of ether oxygens (including phenoxy) is 1. The zero-order valence-corrected chi connectivity index (χ0v) is 17.6. The maximum Gasteiger partial charge on any atom is 0.231 e. The molecule has 1 fully saturated rings. The lowest BCUT2D eigenvalue weighted by Gasteiger charge is -2.18. The number of nitrogens with zero attached hydrogens (tertiary/aromatic N) is 3. The SMILES string of the molecule is CCOc1ccccc1-c1nnc(NC(=O)[C@@H]2CC(=O)N(c3ccccc3C)C2)s1. The summed E-state index contributed by atoms with van der Waals surface area (Å²) in [5.74, 6) is 0.0257. The van der Waals surface area contributed by atoms with E-state index in [4.69, 9.17) is 4.74 Å². The van der Waals surface area contributed by atoms with Crippen LogP contribution in [0.15, 0.2) is 48.5 Å². The highest BCUT2D eigenvalue weighted by Gasteiger charge is 2.36. The van der Waals surface area contributed by atoms with E-state index in [2.05, 4.69) is 15.5 Å². The predicted octanol–water partition coefficient (Wildman–Crippen LogP) is 3.90. The minimum atomic E-state index is -0.430. The first-order valence-electron chi connectivity index (χ1n) is 9.79. The summed E-state index contributed by atoms with van der Waals surface area (Å²) in [4.78, 5) is 26.9. The van der Waals surface area contributed by atoms with Gasteiger partial charge in [-0.2, -0.15) is 0 Å². The van der Waals surface area contributed by atoms with Gasteiger partial charge in [0.15, 0.2) is 5.01 Å². The lowest BCUT2D eigenvalue weighted by molar-refractivity contribution is -0.122. The third kappa shape index (κ3) is 4.04. The summed E-state index contributed by atoms with van der Waals surface area (Å²) in [6.45, 7) is 4.78. The molecule has 0 radical (unpaired) electrons. The van der Waals surface area contributed by atoms with Crippen molar-refractivity contribution in [2.45, 2.75) is 20.3 Å². The lowest BCUT2D eigenvalue weighted by atomic mass is 10.1. The minimum absolute atomic E-state index is 0.0481. The molecule has 3 aromatic rings. The van der Waals surface area contributed by atoms with Crippen molar-refractivity contribution in [3.05, 3.63) is 54.1 Å². The van der Waals surface area contributed by atoms with Crippen LogP contribution in [-0.2, 0) is 9.59 Å². The first-order chi connectivity index (χ1) is 14.6. The molecule has 8 heteroatoms. The van der Waals surface area contributed by atoms with Gasteiger partial charge in [0.25, 0.3) is 0 Å². The number of carbonyl (C=O) groups is 2. The summed E-state index contributed by atoms with van der Waals surface area (Å²) in [7, 11) is 0. The molecule has 2 amide bonds. The van der Waals surface area contributed by atoms with E-state index >= 15 is 0 Å². The van der Waals surface area contributed by atoms with E-state index in [1.54, 1.807) is 4.90 Å². The maximum atomic E-state index is 12.8. The normalized spacial score (nSPS) is 16.0. The molecule has 0 aliphatic carbocycles. The fourth-order valence-corrected chi connectivity index (χ4v) is 4.27. The Bertz CT molecular complexity index is 1080. The molecule has 1 N–H and O–H groups in total. The van der Waals surface area contributed by atoms with E-state index in [9.17, 15) is 9.59 Å². The molecule has 0 saturated carbocycles. The van der Waals surface area contributed by atoms with Crippen LogP contribution in [0.25, 0.3) is 10.6 Å². The van der Waals surface area contributed by atoms with Crippen LogP contribution in [0.3, 0.4) is 0 Å². The molecule has 1 aromatic heterocycles. The monoisotopic (exact) mass is 422 g/mol. The van der Waals surface area contributed by atoms with Crippen LogP contribution in [0, 0.1) is 12.8 Å². The Kier molecular flexibility index (Phi) is 5.76. The molecule has 0 unspecified atom stereocenters. The Balaban J connectivity index is 1.46. The van der Waals surface area contributed by atoms with Crippen molar-refractivity contribution < 1.29 is 14.3 Å². The Morgan fingerprint density at radius 2 is 1.97 bits per heavy atom. The van der Waals surface area contributed by atoms with Crippen molar-refractivity contribution in [2.75, 3.05) is 23.4 Å². The van der Waals surface area contributed by atoms with Gasteiger partial charge in [-0.15, -0.1) is 10.2 Å². The average Bonchev–Trinajstić information content (AvgIpc) is 3.36. The molecule has 1 atom stereocenters. The van der Waals surface area contributed by atoms with E-state index in [0.29, 0.717) is 23.3 Å². The second-order valence-corrected chi connectivity index (χ2v) is 8.00. The zero-order chi connectivity index (χ0) is 21.1. The molecule has 1 saturated heterocycles. The molecule has 0 bridgehead atoms. The average molecular weight is 423 g/mol. The summed E-state index contributed by atoms with van der Waals surface area (Å²) < 4.78 is 5.65. The smallest absolute Gasteiger partial charge is 0.231 e. The fraction of sp³-hybridized carbons (Fsp3) is 0.273. The number of hydrogen-bond donors (Lipinski definition) is 1. The Hall–Kier alpha value is -3.26. The fourth-order valence-electron chi connectivity index (χ4n) is 3.50. The number of anilines is 2. The quantitative estimate of drug-likeness (QED) is 0.651.